The van der Waals surface area contributed by atoms with Gasteiger partial charge >= 0.3 is 0 Å². The van der Waals surface area contributed by atoms with Crippen LogP contribution in [0.3, 0.4) is 0 Å². The minimum Gasteiger partial charge on any atom is -0.491 e. The number of hydrogen-bond donors (Lipinski definition) is 1. The van der Waals surface area contributed by atoms with E-state index in [1.165, 1.54) is 11.1 Å². The number of β-amino-alcohol motifs (C(OH)–C–C–N with tert-alkyl or cyclic N) is 1. The predicted octanol–water partition coefficient (Wildman–Crippen LogP) is 4.41. The van der Waals surface area contributed by atoms with Crippen molar-refractivity contribution in [3.05, 3.63) is 64.7 Å². The summed E-state index contributed by atoms with van der Waals surface area (Å²) in [6.45, 7) is 10.3. The van der Waals surface area contributed by atoms with E-state index >= 15 is 0 Å². The standard InChI is InChI=1S/C24H33ClN2O2/c1-3-19(2)23-6-4-5-7-24(23)29-18-22(28)17-27-14-12-26(13-15-27)16-20-8-10-21(25)11-9-20/h4-11,19,22,28H,3,12-18H2,1-2H3. The number of rotatable bonds is 9. The van der Waals surface area contributed by atoms with Crippen LogP contribution in [-0.4, -0.2) is 60.3 Å². The Morgan fingerprint density at radius 3 is 2.34 bits per heavy atom. The number of para-hydroxylation sites is 1. The molecule has 4 nitrogen and oxygen atoms in total. The first-order chi connectivity index (χ1) is 14.0. The Kier molecular flexibility index (Phi) is 8.37. The molecule has 0 spiro atoms. The summed E-state index contributed by atoms with van der Waals surface area (Å²) in [5.41, 5.74) is 2.51. The molecule has 0 amide bonds. The van der Waals surface area contributed by atoms with E-state index in [0.29, 0.717) is 19.1 Å². The number of aliphatic hydroxyl groups excluding tert-OH is 1. The van der Waals surface area contributed by atoms with Crippen molar-refractivity contribution in [2.24, 2.45) is 0 Å². The molecule has 1 aliphatic heterocycles. The van der Waals surface area contributed by atoms with E-state index in [1.54, 1.807) is 0 Å². The van der Waals surface area contributed by atoms with Gasteiger partial charge in [0.25, 0.3) is 0 Å². The van der Waals surface area contributed by atoms with Gasteiger partial charge in [-0.25, -0.2) is 0 Å². The molecule has 0 saturated carbocycles. The Balaban J connectivity index is 1.41. The smallest absolute Gasteiger partial charge is 0.122 e. The van der Waals surface area contributed by atoms with Crippen LogP contribution in [0.4, 0.5) is 0 Å². The van der Waals surface area contributed by atoms with Gasteiger partial charge in [-0.2, -0.15) is 0 Å². The summed E-state index contributed by atoms with van der Waals surface area (Å²) < 4.78 is 5.98. The summed E-state index contributed by atoms with van der Waals surface area (Å²) in [6, 6.07) is 16.2. The summed E-state index contributed by atoms with van der Waals surface area (Å²) in [7, 11) is 0. The molecular formula is C24H33ClN2O2. The number of piperazine rings is 1. The zero-order chi connectivity index (χ0) is 20.6. The fourth-order valence-electron chi connectivity index (χ4n) is 3.75. The van der Waals surface area contributed by atoms with Crippen molar-refractivity contribution in [2.75, 3.05) is 39.3 Å². The molecule has 0 bridgehead atoms. The molecule has 0 aromatic heterocycles. The van der Waals surface area contributed by atoms with Gasteiger partial charge in [-0.05, 0) is 41.7 Å². The third-order valence-electron chi connectivity index (χ3n) is 5.75. The topological polar surface area (TPSA) is 35.9 Å². The quantitative estimate of drug-likeness (QED) is 0.656. The lowest BCUT2D eigenvalue weighted by Gasteiger charge is -2.35. The molecular weight excluding hydrogens is 384 g/mol. The van der Waals surface area contributed by atoms with Crippen LogP contribution in [0.1, 0.15) is 37.3 Å². The maximum absolute atomic E-state index is 10.5. The van der Waals surface area contributed by atoms with Crippen molar-refractivity contribution >= 4 is 11.6 Å². The highest BCUT2D eigenvalue weighted by Gasteiger charge is 2.20. The molecule has 29 heavy (non-hydrogen) atoms. The first-order valence-corrected chi connectivity index (χ1v) is 11.0. The number of benzene rings is 2. The van der Waals surface area contributed by atoms with Crippen molar-refractivity contribution in [1.29, 1.82) is 0 Å². The van der Waals surface area contributed by atoms with Crippen LogP contribution in [0.25, 0.3) is 0 Å². The molecule has 1 N–H and O–H groups in total. The highest BCUT2D eigenvalue weighted by molar-refractivity contribution is 6.30. The van der Waals surface area contributed by atoms with Gasteiger partial charge in [-0.1, -0.05) is 55.8 Å². The number of ether oxygens (including phenoxy) is 1. The summed E-state index contributed by atoms with van der Waals surface area (Å²) in [5, 5.41) is 11.3. The van der Waals surface area contributed by atoms with E-state index < -0.39 is 6.10 Å². The molecule has 2 aromatic carbocycles. The van der Waals surface area contributed by atoms with Crippen LogP contribution in [0.15, 0.2) is 48.5 Å². The highest BCUT2D eigenvalue weighted by atomic mass is 35.5. The average Bonchev–Trinajstić information content (AvgIpc) is 2.75. The minimum absolute atomic E-state index is 0.332. The predicted molar refractivity (Wildman–Crippen MR) is 120 cm³/mol. The van der Waals surface area contributed by atoms with E-state index in [2.05, 4.69) is 41.8 Å². The maximum Gasteiger partial charge on any atom is 0.122 e. The van der Waals surface area contributed by atoms with Gasteiger partial charge in [0.2, 0.25) is 0 Å². The molecule has 1 saturated heterocycles. The zero-order valence-electron chi connectivity index (χ0n) is 17.6. The minimum atomic E-state index is -0.484. The second-order valence-electron chi connectivity index (χ2n) is 8.02. The van der Waals surface area contributed by atoms with Crippen molar-refractivity contribution < 1.29 is 9.84 Å². The van der Waals surface area contributed by atoms with Crippen LogP contribution >= 0.6 is 11.6 Å². The van der Waals surface area contributed by atoms with Crippen molar-refractivity contribution in [3.8, 4) is 5.75 Å². The Labute approximate surface area is 180 Å². The molecule has 2 aromatic rings. The average molecular weight is 417 g/mol. The normalized spacial score (nSPS) is 17.8. The van der Waals surface area contributed by atoms with Crippen LogP contribution in [0.5, 0.6) is 5.75 Å². The SMILES string of the molecule is CCC(C)c1ccccc1OCC(O)CN1CCN(Cc2ccc(Cl)cc2)CC1. The molecule has 2 atom stereocenters. The third-order valence-corrected chi connectivity index (χ3v) is 6.00. The number of aliphatic hydroxyl groups is 1. The van der Waals surface area contributed by atoms with E-state index in [4.69, 9.17) is 16.3 Å². The van der Waals surface area contributed by atoms with Crippen molar-refractivity contribution in [3.63, 3.8) is 0 Å². The summed E-state index contributed by atoms with van der Waals surface area (Å²) in [5.74, 6) is 1.35. The van der Waals surface area contributed by atoms with Gasteiger partial charge in [-0.15, -0.1) is 0 Å². The second-order valence-corrected chi connectivity index (χ2v) is 8.45. The van der Waals surface area contributed by atoms with Gasteiger partial charge in [0.1, 0.15) is 18.5 Å². The second kappa shape index (κ2) is 11.0. The largest absolute Gasteiger partial charge is 0.491 e. The zero-order valence-corrected chi connectivity index (χ0v) is 18.3. The Morgan fingerprint density at radius 1 is 1.00 bits per heavy atom. The van der Waals surface area contributed by atoms with E-state index in [1.807, 2.05) is 30.3 Å². The molecule has 5 heteroatoms. The molecule has 158 valence electrons. The molecule has 1 fully saturated rings. The lowest BCUT2D eigenvalue weighted by Crippen LogP contribution is -2.48. The number of hydrogen-bond acceptors (Lipinski definition) is 4. The fourth-order valence-corrected chi connectivity index (χ4v) is 3.88. The number of halogens is 1. The van der Waals surface area contributed by atoms with Crippen molar-refractivity contribution in [2.45, 2.75) is 38.8 Å². The first kappa shape index (κ1) is 22.1. The van der Waals surface area contributed by atoms with E-state index in [9.17, 15) is 5.11 Å². The Bertz CT molecular complexity index is 745. The Hall–Kier alpha value is -1.59. The molecule has 0 radical (unpaired) electrons. The van der Waals surface area contributed by atoms with Gasteiger partial charge in [0.15, 0.2) is 0 Å². The maximum atomic E-state index is 10.5. The monoisotopic (exact) mass is 416 g/mol. The lowest BCUT2D eigenvalue weighted by atomic mass is 9.98. The fraction of sp³-hybridized carbons (Fsp3) is 0.500. The van der Waals surface area contributed by atoms with Crippen LogP contribution in [0, 0.1) is 0 Å². The molecule has 2 unspecified atom stereocenters. The van der Waals surface area contributed by atoms with Crippen LogP contribution in [0.2, 0.25) is 5.02 Å². The third kappa shape index (κ3) is 6.71. The summed E-state index contributed by atoms with van der Waals surface area (Å²) >= 11 is 5.96. The van der Waals surface area contributed by atoms with Gasteiger partial charge < -0.3 is 9.84 Å². The first-order valence-electron chi connectivity index (χ1n) is 10.6. The van der Waals surface area contributed by atoms with Crippen molar-refractivity contribution in [1.82, 2.24) is 9.80 Å². The number of nitrogens with zero attached hydrogens (tertiary/aromatic N) is 2. The molecule has 1 heterocycles. The van der Waals surface area contributed by atoms with Gasteiger partial charge in [-0.3, -0.25) is 9.80 Å². The Morgan fingerprint density at radius 2 is 1.66 bits per heavy atom. The van der Waals surface area contributed by atoms with Gasteiger partial charge in [0, 0.05) is 44.3 Å². The summed E-state index contributed by atoms with van der Waals surface area (Å²) in [4.78, 5) is 4.78. The van der Waals surface area contributed by atoms with Crippen LogP contribution in [-0.2, 0) is 6.54 Å². The van der Waals surface area contributed by atoms with E-state index in [-0.39, 0.29) is 0 Å². The lowest BCUT2D eigenvalue weighted by molar-refractivity contribution is 0.0443. The highest BCUT2D eigenvalue weighted by Crippen LogP contribution is 2.28. The van der Waals surface area contributed by atoms with E-state index in [0.717, 1.165) is 49.9 Å². The molecule has 0 aliphatic carbocycles. The van der Waals surface area contributed by atoms with Crippen LogP contribution < -0.4 is 4.74 Å². The molecule has 1 aliphatic rings. The van der Waals surface area contributed by atoms with Gasteiger partial charge in [0.05, 0.1) is 0 Å². The summed E-state index contributed by atoms with van der Waals surface area (Å²) in [6.07, 6.45) is 0.589. The molecule has 3 rings (SSSR count).